The molecule has 0 saturated carbocycles. The lowest BCUT2D eigenvalue weighted by molar-refractivity contribution is -0.170. The summed E-state index contributed by atoms with van der Waals surface area (Å²) in [7, 11) is 0. The Morgan fingerprint density at radius 3 is 2.72 bits per heavy atom. The molecule has 1 atom stereocenters. The number of para-hydroxylation sites is 1. The average molecular weight is 501 g/mol. The van der Waals surface area contributed by atoms with Crippen LogP contribution in [0.5, 0.6) is 5.75 Å². The Balaban J connectivity index is 1.60. The van der Waals surface area contributed by atoms with Crippen molar-refractivity contribution in [3.05, 3.63) is 65.2 Å². The summed E-state index contributed by atoms with van der Waals surface area (Å²) in [5.41, 5.74) is -0.287. The highest BCUT2D eigenvalue weighted by atomic mass is 19.1. The van der Waals surface area contributed by atoms with Gasteiger partial charge in [0.2, 0.25) is 0 Å². The van der Waals surface area contributed by atoms with Crippen LogP contribution in [0, 0.1) is 11.6 Å². The van der Waals surface area contributed by atoms with Crippen LogP contribution in [0.4, 0.5) is 8.78 Å². The number of unbranched alkanes of at least 4 members (excludes halogenated alkanes) is 1. The summed E-state index contributed by atoms with van der Waals surface area (Å²) in [6.07, 6.45) is 4.57. The maximum atomic E-state index is 14.4. The summed E-state index contributed by atoms with van der Waals surface area (Å²) in [6, 6.07) is 10.9. The minimum Gasteiger partial charge on any atom is -0.491 e. The van der Waals surface area contributed by atoms with Gasteiger partial charge in [0.15, 0.2) is 5.60 Å². The number of rotatable bonds is 4. The zero-order valence-electron chi connectivity index (χ0n) is 20.8. The number of nitrogens with zero attached hydrogens (tertiary/aromatic N) is 2. The maximum absolute atomic E-state index is 14.4. The predicted molar refractivity (Wildman–Crippen MR) is 132 cm³/mol. The Morgan fingerprint density at radius 2 is 1.92 bits per heavy atom. The zero-order chi connectivity index (χ0) is 25.5. The number of carbonyl (C=O) groups is 2. The third kappa shape index (κ3) is 5.86. The van der Waals surface area contributed by atoms with Gasteiger partial charge in [0.25, 0.3) is 11.8 Å². The first-order chi connectivity index (χ1) is 17.4. The molecule has 1 spiro atoms. The van der Waals surface area contributed by atoms with Crippen LogP contribution < -0.4 is 4.74 Å². The molecule has 0 aromatic heterocycles. The number of halogens is 2. The molecule has 2 amide bonds. The Hall–Kier alpha value is -3.00. The lowest BCUT2D eigenvalue weighted by Gasteiger charge is -2.44. The van der Waals surface area contributed by atoms with Crippen LogP contribution in [-0.4, -0.2) is 66.6 Å². The molecular weight excluding hydrogens is 466 g/mol. The summed E-state index contributed by atoms with van der Waals surface area (Å²) in [4.78, 5) is 30.4. The van der Waals surface area contributed by atoms with Crippen molar-refractivity contribution in [2.75, 3.05) is 39.4 Å². The number of aryl methyl sites for hydroxylation is 1. The summed E-state index contributed by atoms with van der Waals surface area (Å²) in [5.74, 6) is -1.53. The molecule has 2 aromatic carbocycles. The van der Waals surface area contributed by atoms with Crippen molar-refractivity contribution in [3.8, 4) is 5.75 Å². The minimum absolute atomic E-state index is 0.0293. The van der Waals surface area contributed by atoms with Gasteiger partial charge in [-0.05, 0) is 55.9 Å². The van der Waals surface area contributed by atoms with Gasteiger partial charge in [-0.25, -0.2) is 8.78 Å². The fraction of sp³-hybridized carbons (Fsp3) is 0.500. The van der Waals surface area contributed by atoms with E-state index in [2.05, 4.69) is 13.0 Å². The van der Waals surface area contributed by atoms with E-state index in [9.17, 15) is 18.4 Å². The number of fused-ring (bicyclic) bond motifs is 1. The van der Waals surface area contributed by atoms with E-state index < -0.39 is 23.1 Å². The molecule has 36 heavy (non-hydrogen) atoms. The largest absolute Gasteiger partial charge is 0.491 e. The van der Waals surface area contributed by atoms with E-state index in [1.807, 2.05) is 18.2 Å². The van der Waals surface area contributed by atoms with Crippen molar-refractivity contribution in [1.82, 2.24) is 9.80 Å². The van der Waals surface area contributed by atoms with E-state index >= 15 is 0 Å². The van der Waals surface area contributed by atoms with Gasteiger partial charge in [-0.15, -0.1) is 0 Å². The summed E-state index contributed by atoms with van der Waals surface area (Å²) in [5, 5.41) is 0. The van der Waals surface area contributed by atoms with Crippen LogP contribution in [0.25, 0.3) is 0 Å². The highest BCUT2D eigenvalue weighted by molar-refractivity contribution is 5.95. The van der Waals surface area contributed by atoms with Gasteiger partial charge in [-0.2, -0.15) is 0 Å². The number of hydrogen-bond acceptors (Lipinski definition) is 4. The van der Waals surface area contributed by atoms with Crippen molar-refractivity contribution < 1.29 is 27.8 Å². The molecular formula is C28H34F2N2O4. The first-order valence-electron chi connectivity index (χ1n) is 12.8. The normalized spacial score (nSPS) is 21.4. The number of hydrogen-bond donors (Lipinski definition) is 0. The summed E-state index contributed by atoms with van der Waals surface area (Å²) in [6.45, 7) is 3.81. The molecule has 0 bridgehead atoms. The van der Waals surface area contributed by atoms with Crippen molar-refractivity contribution >= 4 is 11.8 Å². The third-order valence-electron chi connectivity index (χ3n) is 6.96. The van der Waals surface area contributed by atoms with Gasteiger partial charge in [-0.1, -0.05) is 31.5 Å². The van der Waals surface area contributed by atoms with E-state index in [4.69, 9.17) is 9.47 Å². The molecule has 1 saturated heterocycles. The van der Waals surface area contributed by atoms with Crippen LogP contribution in [-0.2, 0) is 16.0 Å². The van der Waals surface area contributed by atoms with Crippen molar-refractivity contribution in [1.29, 1.82) is 0 Å². The number of morpholine rings is 1. The van der Waals surface area contributed by atoms with Crippen LogP contribution in [0.15, 0.2) is 42.5 Å². The van der Waals surface area contributed by atoms with Crippen molar-refractivity contribution in [2.45, 2.75) is 51.0 Å². The van der Waals surface area contributed by atoms with Gasteiger partial charge in [-0.3, -0.25) is 9.59 Å². The van der Waals surface area contributed by atoms with E-state index in [-0.39, 0.29) is 31.2 Å². The summed E-state index contributed by atoms with van der Waals surface area (Å²) < 4.78 is 40.0. The fourth-order valence-corrected chi connectivity index (χ4v) is 4.97. The second-order valence-electron chi connectivity index (χ2n) is 9.50. The molecule has 6 nitrogen and oxygen atoms in total. The molecule has 0 radical (unpaired) electrons. The Labute approximate surface area is 211 Å². The first kappa shape index (κ1) is 26.1. The lowest BCUT2D eigenvalue weighted by Crippen LogP contribution is -2.62. The van der Waals surface area contributed by atoms with Crippen LogP contribution in [0.3, 0.4) is 0 Å². The molecule has 194 valence electrons. The average Bonchev–Trinajstić information content (AvgIpc) is 2.88. The first-order valence-corrected chi connectivity index (χ1v) is 12.8. The minimum atomic E-state index is -1.21. The second kappa shape index (κ2) is 11.8. The molecule has 2 aliphatic heterocycles. The van der Waals surface area contributed by atoms with E-state index in [0.29, 0.717) is 38.6 Å². The standard InChI is InChI=1S/C28H34F2N2O4/c1-2-3-14-31-15-17-35-25-10-5-4-8-21(25)9-6-7-13-28(27(31)34)20-32(16-18-36-28)26(33)23-12-11-22(29)19-24(23)30/h4-5,8,10-12,19H,2-3,6-7,9,13-18,20H2,1H3. The fourth-order valence-electron chi connectivity index (χ4n) is 4.97. The molecule has 1 fully saturated rings. The third-order valence-corrected chi connectivity index (χ3v) is 6.96. The van der Waals surface area contributed by atoms with Crippen molar-refractivity contribution in [2.24, 2.45) is 0 Å². The van der Waals surface area contributed by atoms with Crippen LogP contribution in [0.2, 0.25) is 0 Å². The summed E-state index contributed by atoms with van der Waals surface area (Å²) >= 11 is 0. The molecule has 0 aliphatic carbocycles. The highest BCUT2D eigenvalue weighted by Crippen LogP contribution is 2.30. The predicted octanol–water partition coefficient (Wildman–Crippen LogP) is 4.61. The second-order valence-corrected chi connectivity index (χ2v) is 9.50. The quantitative estimate of drug-likeness (QED) is 0.615. The van der Waals surface area contributed by atoms with E-state index in [0.717, 1.165) is 49.1 Å². The van der Waals surface area contributed by atoms with Gasteiger partial charge < -0.3 is 19.3 Å². The van der Waals surface area contributed by atoms with Gasteiger partial charge in [0, 0.05) is 19.2 Å². The topological polar surface area (TPSA) is 59.1 Å². The van der Waals surface area contributed by atoms with Gasteiger partial charge >= 0.3 is 0 Å². The molecule has 4 rings (SSSR count). The molecule has 1 unspecified atom stereocenters. The number of ether oxygens (including phenoxy) is 2. The van der Waals surface area contributed by atoms with Crippen LogP contribution in [0.1, 0.15) is 54.9 Å². The van der Waals surface area contributed by atoms with Crippen LogP contribution >= 0.6 is 0 Å². The Morgan fingerprint density at radius 1 is 1.08 bits per heavy atom. The molecule has 8 heteroatoms. The van der Waals surface area contributed by atoms with E-state index in [1.165, 1.54) is 4.90 Å². The molecule has 2 aliphatic rings. The SMILES string of the molecule is CCCCN1CCOc2ccccc2CCCCC2(CN(C(=O)c3ccc(F)cc3F)CCO2)C1=O. The smallest absolute Gasteiger partial charge is 0.257 e. The number of carbonyl (C=O) groups excluding carboxylic acids is 2. The van der Waals surface area contributed by atoms with Crippen molar-refractivity contribution in [3.63, 3.8) is 0 Å². The zero-order valence-corrected chi connectivity index (χ0v) is 20.8. The van der Waals surface area contributed by atoms with Gasteiger partial charge in [0.05, 0.1) is 25.3 Å². The monoisotopic (exact) mass is 500 g/mol. The maximum Gasteiger partial charge on any atom is 0.257 e. The number of benzene rings is 2. The highest BCUT2D eigenvalue weighted by Gasteiger charge is 2.47. The Kier molecular flexibility index (Phi) is 8.56. The lowest BCUT2D eigenvalue weighted by atomic mass is 9.90. The Bertz CT molecular complexity index is 1080. The molecule has 0 N–H and O–H groups in total. The molecule has 2 aromatic rings. The van der Waals surface area contributed by atoms with E-state index in [1.54, 1.807) is 4.90 Å². The van der Waals surface area contributed by atoms with Gasteiger partial charge in [0.1, 0.15) is 24.0 Å². The number of amides is 2. The molecule has 2 heterocycles.